The Bertz CT molecular complexity index is 1060. The van der Waals surface area contributed by atoms with E-state index in [1.807, 2.05) is 0 Å². The molecule has 9 heteroatoms. The molecule has 0 atom stereocenters. The molecule has 27 heavy (non-hydrogen) atoms. The molecule has 2 amide bonds. The van der Waals surface area contributed by atoms with Gasteiger partial charge < -0.3 is 10.6 Å². The Balaban J connectivity index is 1.71. The van der Waals surface area contributed by atoms with E-state index in [1.165, 1.54) is 12.3 Å². The number of hydrogen-bond acceptors (Lipinski definition) is 3. The number of carbonyl (C=O) groups is 2. The van der Waals surface area contributed by atoms with Gasteiger partial charge in [0.25, 0.3) is 5.91 Å². The van der Waals surface area contributed by atoms with Crippen LogP contribution >= 0.6 is 11.6 Å². The lowest BCUT2D eigenvalue weighted by atomic mass is 10.1. The predicted octanol–water partition coefficient (Wildman–Crippen LogP) is 3.67. The molecule has 0 bridgehead atoms. The first-order valence-corrected chi connectivity index (χ1v) is 8.00. The first-order valence-electron chi connectivity index (χ1n) is 7.62. The molecule has 3 rings (SSSR count). The Labute approximate surface area is 156 Å². The highest BCUT2D eigenvalue weighted by atomic mass is 35.5. The average molecular weight is 394 g/mol. The number of halogens is 4. The quantitative estimate of drug-likeness (QED) is 0.664. The summed E-state index contributed by atoms with van der Waals surface area (Å²) in [5, 5.41) is 5.36. The Kier molecular flexibility index (Phi) is 5.27. The normalized spacial score (nSPS) is 10.7. The van der Waals surface area contributed by atoms with Crippen molar-refractivity contribution in [2.75, 3.05) is 11.9 Å². The highest BCUT2D eigenvalue weighted by Gasteiger charge is 2.17. The fourth-order valence-electron chi connectivity index (χ4n) is 2.40. The second kappa shape index (κ2) is 7.63. The number of aromatic nitrogens is 1. The van der Waals surface area contributed by atoms with E-state index in [1.54, 1.807) is 18.2 Å². The monoisotopic (exact) mass is 393 g/mol. The fraction of sp³-hybridized carbons (Fsp3) is 0.0556. The number of nitrogens with zero attached hydrogens (tertiary/aromatic N) is 1. The number of amides is 2. The van der Waals surface area contributed by atoms with Crippen LogP contribution < -0.4 is 10.6 Å². The minimum Gasteiger partial charge on any atom is -0.343 e. The van der Waals surface area contributed by atoms with Gasteiger partial charge in [-0.25, -0.2) is 13.2 Å². The van der Waals surface area contributed by atoms with Gasteiger partial charge in [-0.05, 0) is 30.3 Å². The molecule has 2 aromatic carbocycles. The first-order chi connectivity index (χ1) is 12.9. The van der Waals surface area contributed by atoms with Gasteiger partial charge in [-0.15, -0.1) is 0 Å². The molecule has 5 nitrogen and oxygen atoms in total. The third kappa shape index (κ3) is 4.01. The highest BCUT2D eigenvalue weighted by Crippen LogP contribution is 2.22. The molecule has 138 valence electrons. The van der Waals surface area contributed by atoms with Crippen molar-refractivity contribution in [2.45, 2.75) is 0 Å². The molecule has 0 aliphatic carbocycles. The maximum atomic E-state index is 13.6. The summed E-state index contributed by atoms with van der Waals surface area (Å²) in [4.78, 5) is 28.4. The second-order valence-corrected chi connectivity index (χ2v) is 5.92. The van der Waals surface area contributed by atoms with Crippen molar-refractivity contribution in [1.29, 1.82) is 0 Å². The van der Waals surface area contributed by atoms with Crippen LogP contribution in [0.5, 0.6) is 0 Å². The van der Waals surface area contributed by atoms with Crippen LogP contribution in [0.2, 0.25) is 5.02 Å². The van der Waals surface area contributed by atoms with Crippen molar-refractivity contribution in [3.63, 3.8) is 0 Å². The van der Waals surface area contributed by atoms with Crippen LogP contribution in [0.4, 0.5) is 18.9 Å². The third-order valence-electron chi connectivity index (χ3n) is 3.63. The minimum absolute atomic E-state index is 0.157. The summed E-state index contributed by atoms with van der Waals surface area (Å²) < 4.78 is 39.6. The van der Waals surface area contributed by atoms with Crippen LogP contribution in [0.3, 0.4) is 0 Å². The molecule has 0 saturated carbocycles. The van der Waals surface area contributed by atoms with Crippen molar-refractivity contribution < 1.29 is 22.8 Å². The van der Waals surface area contributed by atoms with Crippen LogP contribution in [0.25, 0.3) is 10.9 Å². The lowest BCUT2D eigenvalue weighted by Gasteiger charge is -2.10. The Morgan fingerprint density at radius 1 is 1.07 bits per heavy atom. The average Bonchev–Trinajstić information content (AvgIpc) is 2.66. The van der Waals surface area contributed by atoms with Gasteiger partial charge in [0.15, 0.2) is 17.5 Å². The van der Waals surface area contributed by atoms with E-state index in [4.69, 9.17) is 11.6 Å². The fourth-order valence-corrected chi connectivity index (χ4v) is 2.63. The number of anilines is 1. The van der Waals surface area contributed by atoms with Crippen molar-refractivity contribution in [3.8, 4) is 0 Å². The number of benzene rings is 2. The summed E-state index contributed by atoms with van der Waals surface area (Å²) >= 11 is 5.99. The second-order valence-electron chi connectivity index (χ2n) is 5.48. The molecular weight excluding hydrogens is 383 g/mol. The number of rotatable bonds is 4. The van der Waals surface area contributed by atoms with E-state index in [9.17, 15) is 22.8 Å². The molecule has 1 aromatic heterocycles. The predicted molar refractivity (Wildman–Crippen MR) is 94.0 cm³/mol. The van der Waals surface area contributed by atoms with Gasteiger partial charge in [-0.3, -0.25) is 14.6 Å². The van der Waals surface area contributed by atoms with E-state index in [2.05, 4.69) is 15.6 Å². The summed E-state index contributed by atoms with van der Waals surface area (Å²) in [6.07, 6.45) is 1.51. The molecule has 0 spiro atoms. The molecule has 2 N–H and O–H groups in total. The number of fused-ring (bicyclic) bond motifs is 1. The Morgan fingerprint density at radius 3 is 2.63 bits per heavy atom. The Morgan fingerprint density at radius 2 is 1.85 bits per heavy atom. The van der Waals surface area contributed by atoms with Gasteiger partial charge in [-0.1, -0.05) is 17.7 Å². The first kappa shape index (κ1) is 18.7. The van der Waals surface area contributed by atoms with Crippen LogP contribution in [0.1, 0.15) is 10.4 Å². The summed E-state index contributed by atoms with van der Waals surface area (Å²) in [6, 6.07) is 8.00. The zero-order valence-electron chi connectivity index (χ0n) is 13.5. The van der Waals surface area contributed by atoms with Gasteiger partial charge in [-0.2, -0.15) is 0 Å². The SMILES string of the molecule is O=C(CNC(=O)c1cc(Cl)cc2cccnc12)Nc1ccc(F)c(F)c1F. The van der Waals surface area contributed by atoms with Gasteiger partial charge in [0.1, 0.15) is 0 Å². The molecule has 0 unspecified atom stereocenters. The maximum Gasteiger partial charge on any atom is 0.253 e. The molecule has 1 heterocycles. The summed E-state index contributed by atoms with van der Waals surface area (Å²) in [6.45, 7) is -0.530. The van der Waals surface area contributed by atoms with E-state index >= 15 is 0 Å². The number of nitrogens with one attached hydrogen (secondary N) is 2. The zero-order valence-corrected chi connectivity index (χ0v) is 14.3. The van der Waals surface area contributed by atoms with Crippen LogP contribution in [0, 0.1) is 17.5 Å². The van der Waals surface area contributed by atoms with E-state index < -0.39 is 41.5 Å². The van der Waals surface area contributed by atoms with Gasteiger partial charge in [0, 0.05) is 16.6 Å². The zero-order chi connectivity index (χ0) is 19.6. The standard InChI is InChI=1S/C18H11ClF3N3O2/c19-10-6-9-2-1-5-23-17(9)11(7-10)18(27)24-8-14(26)25-13-4-3-12(20)15(21)16(13)22/h1-7H,8H2,(H,24,27)(H,25,26). The van der Waals surface area contributed by atoms with Crippen molar-refractivity contribution in [2.24, 2.45) is 0 Å². The molecule has 0 aliphatic heterocycles. The van der Waals surface area contributed by atoms with Crippen LogP contribution in [-0.4, -0.2) is 23.3 Å². The molecule has 0 radical (unpaired) electrons. The largest absolute Gasteiger partial charge is 0.343 e. The number of pyridine rings is 1. The van der Waals surface area contributed by atoms with Crippen molar-refractivity contribution in [1.82, 2.24) is 10.3 Å². The molecule has 0 aliphatic rings. The molecule has 0 saturated heterocycles. The van der Waals surface area contributed by atoms with Gasteiger partial charge in [0.2, 0.25) is 5.91 Å². The minimum atomic E-state index is -1.70. The van der Waals surface area contributed by atoms with E-state index in [-0.39, 0.29) is 5.56 Å². The van der Waals surface area contributed by atoms with Crippen LogP contribution in [0.15, 0.2) is 42.6 Å². The lowest BCUT2D eigenvalue weighted by Crippen LogP contribution is -2.33. The molecule has 3 aromatic rings. The van der Waals surface area contributed by atoms with Crippen molar-refractivity contribution in [3.05, 3.63) is 70.6 Å². The van der Waals surface area contributed by atoms with E-state index in [0.29, 0.717) is 22.0 Å². The molecule has 0 fully saturated rings. The van der Waals surface area contributed by atoms with Crippen LogP contribution in [-0.2, 0) is 4.79 Å². The highest BCUT2D eigenvalue weighted by molar-refractivity contribution is 6.32. The van der Waals surface area contributed by atoms with Crippen molar-refractivity contribution >= 4 is 40.0 Å². The van der Waals surface area contributed by atoms with Gasteiger partial charge in [0.05, 0.1) is 23.3 Å². The third-order valence-corrected chi connectivity index (χ3v) is 3.85. The number of hydrogen-bond donors (Lipinski definition) is 2. The van der Waals surface area contributed by atoms with Gasteiger partial charge >= 0.3 is 0 Å². The Hall–Kier alpha value is -3.13. The van der Waals surface area contributed by atoms with E-state index in [0.717, 1.165) is 6.07 Å². The topological polar surface area (TPSA) is 71.1 Å². The summed E-state index contributed by atoms with van der Waals surface area (Å²) in [5.41, 5.74) is 0.0133. The molecular formula is C18H11ClF3N3O2. The summed E-state index contributed by atoms with van der Waals surface area (Å²) in [5.74, 6) is -6.05. The maximum absolute atomic E-state index is 13.6. The smallest absolute Gasteiger partial charge is 0.253 e. The summed E-state index contributed by atoms with van der Waals surface area (Å²) in [7, 11) is 0. The lowest BCUT2D eigenvalue weighted by molar-refractivity contribution is -0.115. The number of carbonyl (C=O) groups excluding carboxylic acids is 2.